The van der Waals surface area contributed by atoms with Gasteiger partial charge in [0.2, 0.25) is 11.8 Å². The highest BCUT2D eigenvalue weighted by molar-refractivity contribution is 5.73. The van der Waals surface area contributed by atoms with Crippen molar-refractivity contribution in [3.05, 3.63) is 58.5 Å². The Hall–Kier alpha value is -2.65. The quantitative estimate of drug-likeness (QED) is 0.477. The van der Waals surface area contributed by atoms with E-state index in [4.69, 9.17) is 4.74 Å². The van der Waals surface area contributed by atoms with Gasteiger partial charge in [-0.2, -0.15) is 0 Å². The number of aliphatic hydroxyl groups is 1. The average molecular weight is 520 g/mol. The molecule has 37 heavy (non-hydrogen) atoms. The number of pyridine rings is 1. The molecule has 3 atom stereocenters. The van der Waals surface area contributed by atoms with Crippen LogP contribution in [0.2, 0.25) is 0 Å². The Labute approximate surface area is 216 Å². The van der Waals surface area contributed by atoms with Crippen LogP contribution in [0.1, 0.15) is 76.1 Å². The van der Waals surface area contributed by atoms with Gasteiger partial charge in [-0.1, -0.05) is 20.8 Å². The first-order chi connectivity index (χ1) is 17.3. The Morgan fingerprint density at radius 3 is 2.46 bits per heavy atom. The molecule has 1 fully saturated rings. The fourth-order valence-electron chi connectivity index (χ4n) is 5.28. The Morgan fingerprint density at radius 1 is 1.22 bits per heavy atom. The first kappa shape index (κ1) is 27.4. The van der Waals surface area contributed by atoms with Gasteiger partial charge in [-0.3, -0.25) is 4.79 Å². The lowest BCUT2D eigenvalue weighted by atomic mass is 9.73. The van der Waals surface area contributed by atoms with Crippen LogP contribution in [0.3, 0.4) is 0 Å². The van der Waals surface area contributed by atoms with Gasteiger partial charge < -0.3 is 20.5 Å². The van der Waals surface area contributed by atoms with Crippen molar-refractivity contribution >= 4 is 5.91 Å². The van der Waals surface area contributed by atoms with E-state index in [1.807, 2.05) is 6.20 Å². The SMILES string of the molecule is CC(=O)N[C@@H](Cc1c(F)cc(F)cc1F)[C@H](O)CN[C@H]1CC2(CCC2)Oc2ncc(CC(C)(C)C)cc21. The molecule has 2 aromatic rings. The number of carbonyl (C=O) groups excluding carboxylic acids is 1. The molecule has 0 saturated heterocycles. The molecule has 1 aromatic carbocycles. The monoisotopic (exact) mass is 519 g/mol. The van der Waals surface area contributed by atoms with Crippen LogP contribution in [0.4, 0.5) is 13.2 Å². The van der Waals surface area contributed by atoms with Gasteiger partial charge in [0.15, 0.2) is 0 Å². The summed E-state index contributed by atoms with van der Waals surface area (Å²) in [6.45, 7) is 7.80. The largest absolute Gasteiger partial charge is 0.471 e. The molecule has 2 heterocycles. The number of amides is 1. The molecule has 2 aliphatic rings. The summed E-state index contributed by atoms with van der Waals surface area (Å²) in [5.41, 5.74) is 1.41. The molecule has 202 valence electrons. The number of hydrogen-bond acceptors (Lipinski definition) is 5. The van der Waals surface area contributed by atoms with Crippen molar-refractivity contribution < 1.29 is 27.8 Å². The molecule has 0 unspecified atom stereocenters. The second kappa shape index (κ2) is 10.6. The standard InChI is InChI=1S/C28H36F3N3O3/c1-16(35)34-23(11-19-21(30)9-18(29)10-22(19)31)25(36)15-32-24-13-28(6-5-7-28)37-26-20(24)8-17(14-33-26)12-27(2,3)4/h8-10,14,23-25,32,36H,5-7,11-13,15H2,1-4H3,(H,34,35)/t23-,24-,25+/m0/s1. The normalized spacial score (nSPS) is 19.9. The summed E-state index contributed by atoms with van der Waals surface area (Å²) in [4.78, 5) is 16.4. The summed E-state index contributed by atoms with van der Waals surface area (Å²) in [7, 11) is 0. The Bertz CT molecular complexity index is 1120. The number of carbonyl (C=O) groups is 1. The summed E-state index contributed by atoms with van der Waals surface area (Å²) < 4.78 is 48.2. The van der Waals surface area contributed by atoms with Gasteiger partial charge >= 0.3 is 0 Å². The van der Waals surface area contributed by atoms with Gasteiger partial charge in [-0.15, -0.1) is 0 Å². The summed E-state index contributed by atoms with van der Waals surface area (Å²) in [5, 5.41) is 17.0. The third-order valence-electron chi connectivity index (χ3n) is 7.16. The predicted molar refractivity (Wildman–Crippen MR) is 134 cm³/mol. The number of aliphatic hydroxyl groups excluding tert-OH is 1. The number of ether oxygens (including phenoxy) is 1. The Kier molecular flexibility index (Phi) is 7.85. The molecule has 3 N–H and O–H groups in total. The lowest BCUT2D eigenvalue weighted by molar-refractivity contribution is -0.120. The van der Waals surface area contributed by atoms with Crippen molar-refractivity contribution in [2.24, 2.45) is 5.41 Å². The lowest BCUT2D eigenvalue weighted by Gasteiger charge is -2.47. The van der Waals surface area contributed by atoms with Gasteiger partial charge in [0.1, 0.15) is 23.1 Å². The molecule has 1 spiro atoms. The number of fused-ring (bicyclic) bond motifs is 1. The second-order valence-electron chi connectivity index (χ2n) is 11.7. The van der Waals surface area contributed by atoms with E-state index in [0.717, 1.165) is 36.8 Å². The van der Waals surface area contributed by atoms with E-state index in [1.54, 1.807) is 0 Å². The maximum atomic E-state index is 14.3. The van der Waals surface area contributed by atoms with Crippen LogP contribution in [-0.2, 0) is 17.6 Å². The van der Waals surface area contributed by atoms with Crippen LogP contribution in [0.25, 0.3) is 0 Å². The molecule has 1 aliphatic carbocycles. The van der Waals surface area contributed by atoms with Crippen LogP contribution >= 0.6 is 0 Å². The first-order valence-corrected chi connectivity index (χ1v) is 12.8. The fourth-order valence-corrected chi connectivity index (χ4v) is 5.28. The molecular formula is C28H36F3N3O3. The zero-order valence-electron chi connectivity index (χ0n) is 21.8. The highest BCUT2D eigenvalue weighted by Crippen LogP contribution is 2.48. The van der Waals surface area contributed by atoms with Crippen molar-refractivity contribution in [2.75, 3.05) is 6.54 Å². The van der Waals surface area contributed by atoms with E-state index in [0.29, 0.717) is 24.4 Å². The average Bonchev–Trinajstić information content (AvgIpc) is 2.76. The van der Waals surface area contributed by atoms with Crippen LogP contribution in [0, 0.1) is 22.9 Å². The molecule has 1 aliphatic heterocycles. The second-order valence-corrected chi connectivity index (χ2v) is 11.7. The van der Waals surface area contributed by atoms with Crippen molar-refractivity contribution in [3.63, 3.8) is 0 Å². The summed E-state index contributed by atoms with van der Waals surface area (Å²) in [5.74, 6) is -3.01. The number of rotatable bonds is 8. The number of benzene rings is 1. The van der Waals surface area contributed by atoms with Crippen molar-refractivity contribution in [3.8, 4) is 5.88 Å². The minimum Gasteiger partial charge on any atom is -0.471 e. The summed E-state index contributed by atoms with van der Waals surface area (Å²) in [6.07, 6.45) is 4.84. The van der Waals surface area contributed by atoms with Gasteiger partial charge in [-0.25, -0.2) is 18.2 Å². The van der Waals surface area contributed by atoms with E-state index >= 15 is 0 Å². The lowest BCUT2D eigenvalue weighted by Crippen LogP contribution is -2.52. The highest BCUT2D eigenvalue weighted by Gasteiger charge is 2.46. The molecule has 0 bridgehead atoms. The minimum absolute atomic E-state index is 0.0546. The predicted octanol–water partition coefficient (Wildman–Crippen LogP) is 4.53. The third kappa shape index (κ3) is 6.62. The maximum absolute atomic E-state index is 14.3. The zero-order chi connectivity index (χ0) is 27.0. The smallest absolute Gasteiger partial charge is 0.218 e. The number of halogens is 3. The molecule has 9 heteroatoms. The van der Waals surface area contributed by atoms with Gasteiger partial charge in [0.05, 0.1) is 12.1 Å². The number of aromatic nitrogens is 1. The van der Waals surface area contributed by atoms with Gasteiger partial charge in [0.25, 0.3) is 0 Å². The first-order valence-electron chi connectivity index (χ1n) is 12.8. The Balaban J connectivity index is 1.53. The molecular weight excluding hydrogens is 483 g/mol. The minimum atomic E-state index is -1.16. The number of nitrogens with zero attached hydrogens (tertiary/aromatic N) is 1. The maximum Gasteiger partial charge on any atom is 0.218 e. The topological polar surface area (TPSA) is 83.5 Å². The zero-order valence-corrected chi connectivity index (χ0v) is 21.8. The van der Waals surface area contributed by atoms with Crippen LogP contribution in [0.5, 0.6) is 5.88 Å². The summed E-state index contributed by atoms with van der Waals surface area (Å²) >= 11 is 0. The molecule has 4 rings (SSSR count). The van der Waals surface area contributed by atoms with Crippen molar-refractivity contribution in [1.29, 1.82) is 0 Å². The van der Waals surface area contributed by atoms with Gasteiger partial charge in [0, 0.05) is 61.8 Å². The number of hydrogen-bond donors (Lipinski definition) is 3. The molecule has 0 radical (unpaired) electrons. The van der Waals surface area contributed by atoms with Crippen molar-refractivity contribution in [2.45, 2.75) is 90.0 Å². The third-order valence-corrected chi connectivity index (χ3v) is 7.16. The number of nitrogens with one attached hydrogen (secondary N) is 2. The molecule has 1 amide bonds. The van der Waals surface area contributed by atoms with E-state index in [2.05, 4.69) is 42.5 Å². The molecule has 6 nitrogen and oxygen atoms in total. The molecule has 1 aromatic heterocycles. The Morgan fingerprint density at radius 2 is 1.89 bits per heavy atom. The van der Waals surface area contributed by atoms with E-state index < -0.39 is 35.5 Å². The summed E-state index contributed by atoms with van der Waals surface area (Å²) in [6, 6.07) is 2.14. The van der Waals surface area contributed by atoms with Crippen molar-refractivity contribution in [1.82, 2.24) is 15.6 Å². The van der Waals surface area contributed by atoms with E-state index in [-0.39, 0.29) is 35.6 Å². The van der Waals surface area contributed by atoms with Crippen LogP contribution in [0.15, 0.2) is 24.4 Å². The van der Waals surface area contributed by atoms with Crippen LogP contribution in [-0.4, -0.2) is 40.3 Å². The van der Waals surface area contributed by atoms with Crippen LogP contribution < -0.4 is 15.4 Å². The molecule has 1 saturated carbocycles. The fraction of sp³-hybridized carbons (Fsp3) is 0.571. The van der Waals surface area contributed by atoms with Gasteiger partial charge in [-0.05, 0) is 42.7 Å². The van der Waals surface area contributed by atoms with E-state index in [1.165, 1.54) is 6.92 Å². The van der Waals surface area contributed by atoms with E-state index in [9.17, 15) is 23.1 Å². The highest BCUT2D eigenvalue weighted by atomic mass is 19.1.